The van der Waals surface area contributed by atoms with Crippen molar-refractivity contribution in [3.05, 3.63) is 59.0 Å². The van der Waals surface area contributed by atoms with E-state index in [0.29, 0.717) is 6.54 Å². The molecule has 1 amide bonds. The van der Waals surface area contributed by atoms with Crippen LogP contribution in [0.2, 0.25) is 5.02 Å². The summed E-state index contributed by atoms with van der Waals surface area (Å²) in [5.74, 6) is 1.32. The summed E-state index contributed by atoms with van der Waals surface area (Å²) in [6.07, 6.45) is 5.32. The normalized spacial score (nSPS) is 16.0. The van der Waals surface area contributed by atoms with Gasteiger partial charge >= 0.3 is 0 Å². The molecule has 1 aliphatic heterocycles. The van der Waals surface area contributed by atoms with Gasteiger partial charge in [-0.15, -0.1) is 0 Å². The second-order valence-electron chi connectivity index (χ2n) is 6.65. The predicted octanol–water partition coefficient (Wildman–Crippen LogP) is 3.89. The van der Waals surface area contributed by atoms with Crippen LogP contribution >= 0.6 is 11.6 Å². The second-order valence-corrected chi connectivity index (χ2v) is 7.09. The van der Waals surface area contributed by atoms with Gasteiger partial charge in [-0.05, 0) is 62.2 Å². The monoisotopic (exact) mass is 360 g/mol. The Morgan fingerprint density at radius 1 is 1.20 bits per heavy atom. The lowest BCUT2D eigenvalue weighted by atomic mass is 9.95. The summed E-state index contributed by atoms with van der Waals surface area (Å²) in [6, 6.07) is 11.9. The number of nitrogens with one attached hydrogen (secondary N) is 1. The lowest BCUT2D eigenvalue weighted by Gasteiger charge is -2.31. The van der Waals surface area contributed by atoms with Crippen LogP contribution in [-0.2, 0) is 17.8 Å². The number of hydrogen-bond acceptors (Lipinski definition) is 3. The molecule has 2 aromatic rings. The van der Waals surface area contributed by atoms with Crippen LogP contribution in [0, 0.1) is 5.92 Å². The van der Waals surface area contributed by atoms with E-state index in [0.717, 1.165) is 56.1 Å². The van der Waals surface area contributed by atoms with E-state index in [1.54, 1.807) is 6.26 Å². The average molecular weight is 361 g/mol. The summed E-state index contributed by atoms with van der Waals surface area (Å²) < 4.78 is 5.30. The molecular formula is C20H25ClN2O2. The van der Waals surface area contributed by atoms with Crippen molar-refractivity contribution < 1.29 is 9.21 Å². The number of benzene rings is 1. The Hall–Kier alpha value is -1.78. The number of carbonyl (C=O) groups is 1. The first-order valence-electron chi connectivity index (χ1n) is 8.97. The van der Waals surface area contributed by atoms with Crippen molar-refractivity contribution in [1.82, 2.24) is 10.2 Å². The van der Waals surface area contributed by atoms with E-state index in [9.17, 15) is 4.79 Å². The van der Waals surface area contributed by atoms with Gasteiger partial charge in [0, 0.05) is 30.5 Å². The van der Waals surface area contributed by atoms with Crippen LogP contribution in [0.15, 0.2) is 47.1 Å². The summed E-state index contributed by atoms with van der Waals surface area (Å²) in [4.78, 5) is 14.7. The quantitative estimate of drug-likeness (QED) is 0.762. The maximum absolute atomic E-state index is 12.3. The molecule has 5 heteroatoms. The molecule has 1 saturated heterocycles. The third-order valence-corrected chi connectivity index (χ3v) is 5.01. The Morgan fingerprint density at radius 3 is 2.64 bits per heavy atom. The van der Waals surface area contributed by atoms with Gasteiger partial charge in [0.2, 0.25) is 5.91 Å². The highest BCUT2D eigenvalue weighted by Gasteiger charge is 2.24. The number of furan rings is 1. The summed E-state index contributed by atoms with van der Waals surface area (Å²) in [7, 11) is 0. The summed E-state index contributed by atoms with van der Waals surface area (Å²) in [6.45, 7) is 3.57. The number of piperidine rings is 1. The van der Waals surface area contributed by atoms with Gasteiger partial charge in [0.1, 0.15) is 5.76 Å². The molecular weight excluding hydrogens is 336 g/mol. The fraction of sp³-hybridized carbons (Fsp3) is 0.450. The van der Waals surface area contributed by atoms with Crippen molar-refractivity contribution in [3.63, 3.8) is 0 Å². The highest BCUT2D eigenvalue weighted by atomic mass is 35.5. The van der Waals surface area contributed by atoms with E-state index in [4.69, 9.17) is 16.0 Å². The molecule has 0 saturated carbocycles. The highest BCUT2D eigenvalue weighted by Crippen LogP contribution is 2.20. The van der Waals surface area contributed by atoms with Crippen molar-refractivity contribution >= 4 is 17.5 Å². The van der Waals surface area contributed by atoms with Crippen LogP contribution in [-0.4, -0.2) is 30.4 Å². The summed E-state index contributed by atoms with van der Waals surface area (Å²) in [5, 5.41) is 3.84. The third-order valence-electron chi connectivity index (χ3n) is 4.76. The predicted molar refractivity (Wildman–Crippen MR) is 99.5 cm³/mol. The number of halogens is 1. The Labute approximate surface area is 154 Å². The van der Waals surface area contributed by atoms with Crippen LogP contribution in [0.25, 0.3) is 0 Å². The standard InChI is InChI=1S/C20H25ClN2O2/c21-18-7-5-16(6-8-18)15-23-12-9-17(10-13-23)20(24)22-11-1-3-19-4-2-14-25-19/h2,4-8,14,17H,1,3,9-13,15H2,(H,22,24). The minimum atomic E-state index is 0.144. The first kappa shape index (κ1) is 18.0. The van der Waals surface area contributed by atoms with E-state index in [1.165, 1.54) is 5.56 Å². The fourth-order valence-corrected chi connectivity index (χ4v) is 3.40. The Kier molecular flexibility index (Phi) is 6.54. The molecule has 1 aliphatic rings. The maximum Gasteiger partial charge on any atom is 0.223 e. The number of hydrogen-bond donors (Lipinski definition) is 1. The minimum Gasteiger partial charge on any atom is -0.469 e. The first-order chi connectivity index (χ1) is 12.2. The molecule has 4 nitrogen and oxygen atoms in total. The van der Waals surface area contributed by atoms with Crippen LogP contribution < -0.4 is 5.32 Å². The van der Waals surface area contributed by atoms with Crippen molar-refractivity contribution in [2.45, 2.75) is 32.2 Å². The van der Waals surface area contributed by atoms with E-state index in [-0.39, 0.29) is 11.8 Å². The van der Waals surface area contributed by atoms with E-state index in [2.05, 4.69) is 22.3 Å². The van der Waals surface area contributed by atoms with Crippen LogP contribution in [0.4, 0.5) is 0 Å². The Bertz CT molecular complexity index is 647. The molecule has 0 atom stereocenters. The number of carbonyl (C=O) groups excluding carboxylic acids is 1. The third kappa shape index (κ3) is 5.62. The zero-order valence-electron chi connectivity index (χ0n) is 14.4. The molecule has 0 aliphatic carbocycles. The molecule has 134 valence electrons. The molecule has 25 heavy (non-hydrogen) atoms. The topological polar surface area (TPSA) is 45.5 Å². The lowest BCUT2D eigenvalue weighted by Crippen LogP contribution is -2.40. The first-order valence-corrected chi connectivity index (χ1v) is 9.35. The maximum atomic E-state index is 12.3. The van der Waals surface area contributed by atoms with Crippen LogP contribution in [0.3, 0.4) is 0 Å². The largest absolute Gasteiger partial charge is 0.469 e. The molecule has 0 spiro atoms. The average Bonchev–Trinajstić information content (AvgIpc) is 3.15. The number of rotatable bonds is 7. The Morgan fingerprint density at radius 2 is 1.96 bits per heavy atom. The Balaban J connectivity index is 1.33. The number of amides is 1. The van der Waals surface area contributed by atoms with Gasteiger partial charge in [0.25, 0.3) is 0 Å². The molecule has 0 unspecified atom stereocenters. The molecule has 1 aromatic heterocycles. The van der Waals surface area contributed by atoms with Gasteiger partial charge in [0.15, 0.2) is 0 Å². The lowest BCUT2D eigenvalue weighted by molar-refractivity contribution is -0.126. The van der Waals surface area contributed by atoms with Crippen LogP contribution in [0.1, 0.15) is 30.6 Å². The summed E-state index contributed by atoms with van der Waals surface area (Å²) in [5.41, 5.74) is 1.27. The zero-order chi connectivity index (χ0) is 17.5. The summed E-state index contributed by atoms with van der Waals surface area (Å²) >= 11 is 5.93. The number of likely N-dealkylation sites (tertiary alicyclic amines) is 1. The van der Waals surface area contributed by atoms with Gasteiger partial charge < -0.3 is 9.73 Å². The SMILES string of the molecule is O=C(NCCCc1ccco1)C1CCN(Cc2ccc(Cl)cc2)CC1. The van der Waals surface area contributed by atoms with Crippen molar-refractivity contribution in [1.29, 1.82) is 0 Å². The smallest absolute Gasteiger partial charge is 0.223 e. The molecule has 1 fully saturated rings. The molecule has 1 aromatic carbocycles. The van der Waals surface area contributed by atoms with Gasteiger partial charge in [-0.3, -0.25) is 9.69 Å². The highest BCUT2D eigenvalue weighted by molar-refractivity contribution is 6.30. The van der Waals surface area contributed by atoms with Gasteiger partial charge in [-0.2, -0.15) is 0 Å². The molecule has 2 heterocycles. The minimum absolute atomic E-state index is 0.144. The van der Waals surface area contributed by atoms with Gasteiger partial charge in [-0.1, -0.05) is 23.7 Å². The second kappa shape index (κ2) is 9.07. The van der Waals surface area contributed by atoms with E-state index in [1.807, 2.05) is 24.3 Å². The van der Waals surface area contributed by atoms with Crippen molar-refractivity contribution in [3.8, 4) is 0 Å². The van der Waals surface area contributed by atoms with Gasteiger partial charge in [0.05, 0.1) is 6.26 Å². The van der Waals surface area contributed by atoms with E-state index >= 15 is 0 Å². The molecule has 3 rings (SSSR count). The van der Waals surface area contributed by atoms with E-state index < -0.39 is 0 Å². The van der Waals surface area contributed by atoms with Gasteiger partial charge in [-0.25, -0.2) is 0 Å². The molecule has 0 bridgehead atoms. The fourth-order valence-electron chi connectivity index (χ4n) is 3.27. The van der Waals surface area contributed by atoms with Crippen molar-refractivity contribution in [2.75, 3.05) is 19.6 Å². The number of nitrogens with zero attached hydrogens (tertiary/aromatic N) is 1. The molecule has 0 radical (unpaired) electrons. The van der Waals surface area contributed by atoms with Crippen molar-refractivity contribution in [2.24, 2.45) is 5.92 Å². The zero-order valence-corrected chi connectivity index (χ0v) is 15.2. The van der Waals surface area contributed by atoms with Crippen LogP contribution in [0.5, 0.6) is 0 Å². The molecule has 1 N–H and O–H groups in total. The number of aryl methyl sites for hydroxylation is 1.